The van der Waals surface area contributed by atoms with Crippen molar-refractivity contribution in [3.05, 3.63) is 42.5 Å². The molecule has 0 spiro atoms. The van der Waals surface area contributed by atoms with Crippen LogP contribution in [0.4, 0.5) is 0 Å². The van der Waals surface area contributed by atoms with Crippen molar-refractivity contribution in [1.82, 2.24) is 14.5 Å². The summed E-state index contributed by atoms with van der Waals surface area (Å²) in [6.45, 7) is 8.29. The number of ether oxygens (including phenoxy) is 1. The fourth-order valence-corrected chi connectivity index (χ4v) is 3.42. The van der Waals surface area contributed by atoms with Gasteiger partial charge in [-0.1, -0.05) is 19.6 Å². The molecule has 0 aliphatic heterocycles. The Morgan fingerprint density at radius 1 is 1.33 bits per heavy atom. The summed E-state index contributed by atoms with van der Waals surface area (Å²) in [5, 5.41) is 10.4. The Morgan fingerprint density at radius 3 is 2.83 bits per heavy atom. The molecule has 0 unspecified atom stereocenters. The number of aromatic amines is 1. The lowest BCUT2D eigenvalue weighted by Gasteiger charge is -2.15. The van der Waals surface area contributed by atoms with E-state index >= 15 is 0 Å². The fraction of sp³-hybridized carbons (Fsp3) is 0.333. The first-order valence-corrected chi connectivity index (χ1v) is 11.8. The molecule has 24 heavy (non-hydrogen) atoms. The summed E-state index contributed by atoms with van der Waals surface area (Å²) in [5.41, 5.74) is 3.35. The second kappa shape index (κ2) is 6.63. The van der Waals surface area contributed by atoms with Crippen molar-refractivity contribution in [2.75, 3.05) is 6.61 Å². The maximum absolute atomic E-state index is 9.41. The predicted molar refractivity (Wildman–Crippen MR) is 98.3 cm³/mol. The van der Waals surface area contributed by atoms with Crippen molar-refractivity contribution in [2.45, 2.75) is 32.4 Å². The highest BCUT2D eigenvalue weighted by molar-refractivity contribution is 6.76. The van der Waals surface area contributed by atoms with Crippen molar-refractivity contribution in [3.8, 4) is 17.2 Å². The molecule has 0 amide bonds. The van der Waals surface area contributed by atoms with E-state index in [0.717, 1.165) is 34.8 Å². The maximum Gasteiger partial charge on any atom is 0.142 e. The zero-order valence-corrected chi connectivity index (χ0v) is 15.3. The van der Waals surface area contributed by atoms with Gasteiger partial charge in [-0.25, -0.2) is 4.98 Å². The summed E-state index contributed by atoms with van der Waals surface area (Å²) in [4.78, 5) is 7.52. The first-order chi connectivity index (χ1) is 11.5. The van der Waals surface area contributed by atoms with Gasteiger partial charge >= 0.3 is 0 Å². The van der Waals surface area contributed by atoms with E-state index in [0.29, 0.717) is 12.3 Å². The van der Waals surface area contributed by atoms with Crippen LogP contribution in [0.1, 0.15) is 5.56 Å². The van der Waals surface area contributed by atoms with Crippen molar-refractivity contribution in [3.63, 3.8) is 0 Å². The molecule has 3 heterocycles. The van der Waals surface area contributed by atoms with E-state index in [1.54, 1.807) is 6.20 Å². The lowest BCUT2D eigenvalue weighted by Crippen LogP contribution is -2.22. The Hall–Kier alpha value is -2.36. The summed E-state index contributed by atoms with van der Waals surface area (Å²) < 4.78 is 7.83. The van der Waals surface area contributed by atoms with Gasteiger partial charge in [0.05, 0.1) is 5.56 Å². The quantitative estimate of drug-likeness (QED) is 0.540. The smallest absolute Gasteiger partial charge is 0.142 e. The number of hydrogen-bond donors (Lipinski definition) is 1. The monoisotopic (exact) mass is 338 g/mol. The number of H-pyrrole nitrogens is 1. The number of nitriles is 1. The van der Waals surface area contributed by atoms with Gasteiger partial charge in [0.15, 0.2) is 0 Å². The lowest BCUT2D eigenvalue weighted by molar-refractivity contribution is 0.0899. The number of nitrogens with zero attached hydrogens (tertiary/aromatic N) is 3. The molecule has 0 saturated heterocycles. The van der Waals surface area contributed by atoms with Gasteiger partial charge in [-0.2, -0.15) is 5.26 Å². The standard InChI is InChI=1S/C18H22N4OSi/c1-24(2,3)9-8-23-13-22-7-5-16-17(14-4-6-20-11-14)15(10-19)12-21-18(16)22/h4-7,11-12,20H,8-9,13H2,1-3H3. The highest BCUT2D eigenvalue weighted by atomic mass is 28.3. The minimum atomic E-state index is -1.08. The van der Waals surface area contributed by atoms with Crippen LogP contribution in [-0.4, -0.2) is 29.2 Å². The molecule has 6 heteroatoms. The molecular formula is C18H22N4OSi. The third-order valence-corrected chi connectivity index (χ3v) is 5.73. The zero-order valence-electron chi connectivity index (χ0n) is 14.3. The molecular weight excluding hydrogens is 316 g/mol. The van der Waals surface area contributed by atoms with Gasteiger partial charge in [0, 0.05) is 56.0 Å². The van der Waals surface area contributed by atoms with Crippen molar-refractivity contribution < 1.29 is 4.74 Å². The van der Waals surface area contributed by atoms with Crippen LogP contribution in [0.5, 0.6) is 0 Å². The Labute approximate surface area is 142 Å². The van der Waals surface area contributed by atoms with Crippen LogP contribution in [0.15, 0.2) is 36.9 Å². The van der Waals surface area contributed by atoms with E-state index in [9.17, 15) is 5.26 Å². The zero-order chi connectivity index (χ0) is 17.2. The SMILES string of the molecule is C[Si](C)(C)CCOCn1ccc2c(-c3cc[nH]c3)c(C#N)cnc21. The lowest BCUT2D eigenvalue weighted by atomic mass is 10.0. The van der Waals surface area contributed by atoms with Gasteiger partial charge in [0.1, 0.15) is 18.4 Å². The molecule has 0 aliphatic rings. The van der Waals surface area contributed by atoms with E-state index in [1.807, 2.05) is 35.3 Å². The summed E-state index contributed by atoms with van der Waals surface area (Å²) >= 11 is 0. The molecule has 0 bridgehead atoms. The number of aromatic nitrogens is 3. The molecule has 0 fully saturated rings. The Balaban J connectivity index is 1.88. The normalized spacial score (nSPS) is 11.8. The number of nitrogens with one attached hydrogen (secondary N) is 1. The second-order valence-corrected chi connectivity index (χ2v) is 12.8. The first kappa shape index (κ1) is 16.5. The van der Waals surface area contributed by atoms with Crippen LogP contribution in [0, 0.1) is 11.3 Å². The van der Waals surface area contributed by atoms with Crippen molar-refractivity contribution >= 4 is 19.1 Å². The number of pyridine rings is 1. The van der Waals surface area contributed by atoms with Crippen LogP contribution in [0.2, 0.25) is 25.7 Å². The molecule has 0 radical (unpaired) electrons. The van der Waals surface area contributed by atoms with Gasteiger partial charge in [-0.3, -0.25) is 0 Å². The van der Waals surface area contributed by atoms with Gasteiger partial charge in [-0.05, 0) is 18.2 Å². The fourth-order valence-electron chi connectivity index (χ4n) is 2.66. The molecule has 3 aromatic heterocycles. The molecule has 124 valence electrons. The van der Waals surface area contributed by atoms with Crippen molar-refractivity contribution in [1.29, 1.82) is 5.26 Å². The molecule has 3 rings (SSSR count). The first-order valence-electron chi connectivity index (χ1n) is 8.08. The van der Waals surface area contributed by atoms with Crippen LogP contribution >= 0.6 is 0 Å². The van der Waals surface area contributed by atoms with Crippen LogP contribution in [0.25, 0.3) is 22.2 Å². The topological polar surface area (TPSA) is 66.6 Å². The largest absolute Gasteiger partial charge is 0.367 e. The molecule has 1 N–H and O–H groups in total. The molecule has 3 aromatic rings. The van der Waals surface area contributed by atoms with E-state index in [4.69, 9.17) is 4.74 Å². The Kier molecular flexibility index (Phi) is 4.56. The number of rotatable bonds is 6. The van der Waals surface area contributed by atoms with Crippen LogP contribution in [0.3, 0.4) is 0 Å². The van der Waals surface area contributed by atoms with Gasteiger partial charge in [0.25, 0.3) is 0 Å². The molecule has 0 atom stereocenters. The average Bonchev–Trinajstić information content (AvgIpc) is 3.19. The molecule has 0 aliphatic carbocycles. The van der Waals surface area contributed by atoms with Gasteiger partial charge < -0.3 is 14.3 Å². The highest BCUT2D eigenvalue weighted by Gasteiger charge is 2.15. The number of fused-ring (bicyclic) bond motifs is 1. The van der Waals surface area contributed by atoms with E-state index in [-0.39, 0.29) is 0 Å². The molecule has 0 aromatic carbocycles. The van der Waals surface area contributed by atoms with Crippen LogP contribution < -0.4 is 0 Å². The van der Waals surface area contributed by atoms with Crippen LogP contribution in [-0.2, 0) is 11.5 Å². The van der Waals surface area contributed by atoms with E-state index < -0.39 is 8.07 Å². The third-order valence-electron chi connectivity index (χ3n) is 4.02. The maximum atomic E-state index is 9.41. The molecule has 5 nitrogen and oxygen atoms in total. The molecule has 0 saturated carbocycles. The predicted octanol–water partition coefficient (Wildman–Crippen LogP) is 4.22. The minimum absolute atomic E-state index is 0.486. The number of hydrogen-bond acceptors (Lipinski definition) is 3. The minimum Gasteiger partial charge on any atom is -0.367 e. The summed E-state index contributed by atoms with van der Waals surface area (Å²) in [6.07, 6.45) is 7.38. The second-order valence-electron chi connectivity index (χ2n) is 7.13. The van der Waals surface area contributed by atoms with E-state index in [2.05, 4.69) is 35.7 Å². The van der Waals surface area contributed by atoms with Crippen molar-refractivity contribution in [2.24, 2.45) is 0 Å². The van der Waals surface area contributed by atoms with Gasteiger partial charge in [-0.15, -0.1) is 0 Å². The Morgan fingerprint density at radius 2 is 2.17 bits per heavy atom. The Bertz CT molecular complexity index is 869. The summed E-state index contributed by atoms with van der Waals surface area (Å²) in [7, 11) is -1.08. The highest BCUT2D eigenvalue weighted by Crippen LogP contribution is 2.31. The summed E-state index contributed by atoms with van der Waals surface area (Å²) in [6, 6.07) is 7.36. The average molecular weight is 338 g/mol. The summed E-state index contributed by atoms with van der Waals surface area (Å²) in [5.74, 6) is 0. The third kappa shape index (κ3) is 3.42. The van der Waals surface area contributed by atoms with Gasteiger partial charge in [0.2, 0.25) is 0 Å². The van der Waals surface area contributed by atoms with E-state index in [1.165, 1.54) is 0 Å².